The zero-order chi connectivity index (χ0) is 13.2. The van der Waals surface area contributed by atoms with E-state index in [1.165, 1.54) is 5.43 Å². The van der Waals surface area contributed by atoms with Gasteiger partial charge in [-0.2, -0.15) is 18.3 Å². The predicted molar refractivity (Wildman–Crippen MR) is 60.1 cm³/mol. The molecule has 1 amide bonds. The lowest BCUT2D eigenvalue weighted by molar-refractivity contribution is -0.173. The van der Waals surface area contributed by atoms with Gasteiger partial charge < -0.3 is 4.98 Å². The number of fused-ring (bicyclic) bond motifs is 1. The van der Waals surface area contributed by atoms with Crippen molar-refractivity contribution in [1.82, 2.24) is 10.4 Å². The standard InChI is InChI=1S/C11H8F3N3O/c12-11(13,14)10(18)17-16-6-7-5-15-9-4-2-1-3-8(7)9/h1-6,15H,(H,17,18)/b16-6+. The Bertz CT molecular complexity index is 601. The van der Waals surface area contributed by atoms with E-state index in [9.17, 15) is 18.0 Å². The van der Waals surface area contributed by atoms with E-state index >= 15 is 0 Å². The van der Waals surface area contributed by atoms with E-state index in [0.717, 1.165) is 17.1 Å². The van der Waals surface area contributed by atoms with Crippen molar-refractivity contribution in [3.8, 4) is 0 Å². The van der Waals surface area contributed by atoms with E-state index in [0.29, 0.717) is 5.56 Å². The number of amides is 1. The maximum Gasteiger partial charge on any atom is 0.473 e. The molecule has 94 valence electrons. The Morgan fingerprint density at radius 1 is 1.33 bits per heavy atom. The number of aromatic amines is 1. The van der Waals surface area contributed by atoms with Gasteiger partial charge in [0.15, 0.2) is 0 Å². The summed E-state index contributed by atoms with van der Waals surface area (Å²) in [6, 6.07) is 7.23. The molecule has 0 radical (unpaired) electrons. The van der Waals surface area contributed by atoms with Crippen LogP contribution in [0.25, 0.3) is 10.9 Å². The first-order valence-electron chi connectivity index (χ1n) is 4.95. The summed E-state index contributed by atoms with van der Waals surface area (Å²) in [5, 5.41) is 4.07. The van der Waals surface area contributed by atoms with Crippen LogP contribution in [-0.4, -0.2) is 23.3 Å². The van der Waals surface area contributed by atoms with Crippen LogP contribution in [0.1, 0.15) is 5.56 Å². The molecule has 1 aromatic heterocycles. The molecule has 0 atom stereocenters. The monoisotopic (exact) mass is 255 g/mol. The highest BCUT2D eigenvalue weighted by Gasteiger charge is 2.38. The van der Waals surface area contributed by atoms with Crippen LogP contribution in [0, 0.1) is 0 Å². The van der Waals surface area contributed by atoms with E-state index in [4.69, 9.17) is 0 Å². The van der Waals surface area contributed by atoms with Crippen molar-refractivity contribution in [2.24, 2.45) is 5.10 Å². The summed E-state index contributed by atoms with van der Waals surface area (Å²) in [5.74, 6) is -2.10. The van der Waals surface area contributed by atoms with Gasteiger partial charge in [0.2, 0.25) is 0 Å². The fraction of sp³-hybridized carbons (Fsp3) is 0.0909. The number of carbonyl (C=O) groups excluding carboxylic acids is 1. The lowest BCUT2D eigenvalue weighted by Crippen LogP contribution is -2.33. The molecule has 0 spiro atoms. The topological polar surface area (TPSA) is 57.2 Å². The third-order valence-corrected chi connectivity index (χ3v) is 2.25. The smallest absolute Gasteiger partial charge is 0.361 e. The number of halogens is 3. The summed E-state index contributed by atoms with van der Waals surface area (Å²) in [4.78, 5) is 13.4. The Kier molecular flexibility index (Phi) is 3.05. The molecule has 0 fully saturated rings. The van der Waals surface area contributed by atoms with E-state index in [-0.39, 0.29) is 0 Å². The minimum atomic E-state index is -4.93. The first-order valence-corrected chi connectivity index (χ1v) is 4.95. The van der Waals surface area contributed by atoms with Crippen LogP contribution in [0.15, 0.2) is 35.6 Å². The van der Waals surface area contributed by atoms with Crippen LogP contribution in [0.2, 0.25) is 0 Å². The average Bonchev–Trinajstić information content (AvgIpc) is 2.71. The van der Waals surface area contributed by atoms with Gasteiger partial charge in [0, 0.05) is 22.7 Å². The van der Waals surface area contributed by atoms with Gasteiger partial charge in [-0.15, -0.1) is 0 Å². The minimum Gasteiger partial charge on any atom is -0.361 e. The first-order chi connectivity index (χ1) is 8.48. The second kappa shape index (κ2) is 4.52. The maximum atomic E-state index is 11.9. The number of rotatable bonds is 2. The van der Waals surface area contributed by atoms with Gasteiger partial charge in [-0.3, -0.25) is 4.79 Å². The number of benzene rings is 1. The van der Waals surface area contributed by atoms with Crippen molar-refractivity contribution in [3.05, 3.63) is 36.0 Å². The van der Waals surface area contributed by atoms with E-state index in [2.05, 4.69) is 10.1 Å². The molecule has 0 saturated heterocycles. The Hall–Kier alpha value is -2.31. The van der Waals surface area contributed by atoms with Crippen LogP contribution in [0.5, 0.6) is 0 Å². The molecule has 0 aliphatic heterocycles. The quantitative estimate of drug-likeness (QED) is 0.627. The number of hydrazone groups is 1. The van der Waals surface area contributed by atoms with Crippen molar-refractivity contribution in [2.75, 3.05) is 0 Å². The molecule has 2 rings (SSSR count). The van der Waals surface area contributed by atoms with Gasteiger partial charge in [0.05, 0.1) is 6.21 Å². The number of nitrogens with zero attached hydrogens (tertiary/aromatic N) is 1. The third-order valence-electron chi connectivity index (χ3n) is 2.25. The van der Waals surface area contributed by atoms with Gasteiger partial charge in [-0.1, -0.05) is 18.2 Å². The molecule has 2 aromatic rings. The fourth-order valence-corrected chi connectivity index (χ4v) is 1.42. The number of hydrogen-bond acceptors (Lipinski definition) is 2. The number of alkyl halides is 3. The maximum absolute atomic E-state index is 11.9. The Balaban J connectivity index is 2.13. The highest BCUT2D eigenvalue weighted by molar-refractivity contribution is 5.99. The normalized spacial score (nSPS) is 12.2. The number of H-pyrrole nitrogens is 1. The van der Waals surface area contributed by atoms with E-state index in [1.54, 1.807) is 18.3 Å². The summed E-state index contributed by atoms with van der Waals surface area (Å²) in [6.07, 6.45) is -2.19. The second-order valence-electron chi connectivity index (χ2n) is 3.49. The summed E-state index contributed by atoms with van der Waals surface area (Å²) >= 11 is 0. The molecular weight excluding hydrogens is 247 g/mol. The van der Waals surface area contributed by atoms with Crippen LogP contribution in [-0.2, 0) is 4.79 Å². The van der Waals surface area contributed by atoms with Gasteiger partial charge in [-0.05, 0) is 6.07 Å². The van der Waals surface area contributed by atoms with Gasteiger partial charge in [-0.25, -0.2) is 5.43 Å². The largest absolute Gasteiger partial charge is 0.473 e. The van der Waals surface area contributed by atoms with Crippen molar-refractivity contribution in [2.45, 2.75) is 6.18 Å². The van der Waals surface area contributed by atoms with E-state index < -0.39 is 12.1 Å². The highest BCUT2D eigenvalue weighted by Crippen LogP contribution is 2.16. The van der Waals surface area contributed by atoms with Crippen molar-refractivity contribution in [3.63, 3.8) is 0 Å². The second-order valence-corrected chi connectivity index (χ2v) is 3.49. The number of carbonyl (C=O) groups is 1. The van der Waals surface area contributed by atoms with Gasteiger partial charge in [0.1, 0.15) is 0 Å². The van der Waals surface area contributed by atoms with Crippen molar-refractivity contribution < 1.29 is 18.0 Å². The van der Waals surface area contributed by atoms with Crippen LogP contribution in [0.4, 0.5) is 13.2 Å². The molecule has 18 heavy (non-hydrogen) atoms. The minimum absolute atomic E-state index is 0.591. The Labute approximate surface area is 99.5 Å². The summed E-state index contributed by atoms with van der Waals surface area (Å²) in [5.41, 5.74) is 2.84. The van der Waals surface area contributed by atoms with Crippen molar-refractivity contribution >= 4 is 23.0 Å². The fourth-order valence-electron chi connectivity index (χ4n) is 1.42. The average molecular weight is 255 g/mol. The summed E-state index contributed by atoms with van der Waals surface area (Å²) < 4.78 is 35.6. The lowest BCUT2D eigenvalue weighted by Gasteiger charge is -2.02. The highest BCUT2D eigenvalue weighted by atomic mass is 19.4. The molecule has 4 nitrogen and oxygen atoms in total. The molecule has 2 N–H and O–H groups in total. The molecule has 0 saturated carbocycles. The molecule has 0 bridgehead atoms. The molecule has 0 aliphatic carbocycles. The molecule has 1 aromatic carbocycles. The van der Waals surface area contributed by atoms with Crippen LogP contribution < -0.4 is 5.43 Å². The zero-order valence-corrected chi connectivity index (χ0v) is 8.95. The summed E-state index contributed by atoms with van der Waals surface area (Å²) in [6.45, 7) is 0. The SMILES string of the molecule is O=C(N/N=C/c1c[nH]c2ccccc12)C(F)(F)F. The van der Waals surface area contributed by atoms with E-state index in [1.807, 2.05) is 12.1 Å². The number of nitrogens with one attached hydrogen (secondary N) is 2. The molecule has 0 unspecified atom stereocenters. The third kappa shape index (κ3) is 2.50. The van der Waals surface area contributed by atoms with Crippen LogP contribution >= 0.6 is 0 Å². The molecule has 0 aliphatic rings. The first kappa shape index (κ1) is 12.2. The van der Waals surface area contributed by atoms with Crippen molar-refractivity contribution in [1.29, 1.82) is 0 Å². The Morgan fingerprint density at radius 3 is 2.78 bits per heavy atom. The van der Waals surface area contributed by atoms with Gasteiger partial charge >= 0.3 is 12.1 Å². The van der Waals surface area contributed by atoms with Gasteiger partial charge in [0.25, 0.3) is 0 Å². The lowest BCUT2D eigenvalue weighted by atomic mass is 10.2. The summed E-state index contributed by atoms with van der Waals surface area (Å²) in [7, 11) is 0. The molecule has 1 heterocycles. The number of hydrogen-bond donors (Lipinski definition) is 2. The molecular formula is C11H8F3N3O. The zero-order valence-electron chi connectivity index (χ0n) is 8.95. The number of para-hydroxylation sites is 1. The van der Waals surface area contributed by atoms with Crippen LogP contribution in [0.3, 0.4) is 0 Å². The predicted octanol–water partition coefficient (Wildman–Crippen LogP) is 2.18. The number of aromatic nitrogens is 1. The molecule has 7 heteroatoms. The Morgan fingerprint density at radius 2 is 2.06 bits per heavy atom.